The van der Waals surface area contributed by atoms with Crippen molar-refractivity contribution >= 4 is 27.7 Å². The van der Waals surface area contributed by atoms with Crippen LogP contribution in [0, 0.1) is 0 Å². The summed E-state index contributed by atoms with van der Waals surface area (Å²) in [5.74, 6) is 1.16. The third-order valence-electron chi connectivity index (χ3n) is 3.03. The van der Waals surface area contributed by atoms with Crippen molar-refractivity contribution in [3.05, 3.63) is 10.7 Å². The van der Waals surface area contributed by atoms with E-state index in [0.717, 1.165) is 23.5 Å². The van der Waals surface area contributed by atoms with Crippen LogP contribution >= 0.6 is 15.9 Å². The number of rotatable bonds is 2. The number of aryl methyl sites for hydroxylation is 1. The number of nitrogens with zero attached hydrogens (tertiary/aromatic N) is 4. The van der Waals surface area contributed by atoms with Gasteiger partial charge >= 0.3 is 0 Å². The molecule has 1 saturated heterocycles. The Morgan fingerprint density at radius 2 is 2.12 bits per heavy atom. The van der Waals surface area contributed by atoms with E-state index in [1.807, 2.05) is 31.9 Å². The van der Waals surface area contributed by atoms with E-state index >= 15 is 0 Å². The molecule has 1 aromatic heterocycles. The van der Waals surface area contributed by atoms with E-state index in [4.69, 9.17) is 0 Å². The highest BCUT2D eigenvalue weighted by Crippen LogP contribution is 2.21. The first kappa shape index (κ1) is 12.4. The lowest BCUT2D eigenvalue weighted by molar-refractivity contribution is -0.132. The summed E-state index contributed by atoms with van der Waals surface area (Å²) in [6.07, 6.45) is 0. The van der Waals surface area contributed by atoms with Crippen molar-refractivity contribution in [3.63, 3.8) is 0 Å². The summed E-state index contributed by atoms with van der Waals surface area (Å²) < 4.78 is 2.59. The smallest absolute Gasteiger partial charge is 0.242 e. The van der Waals surface area contributed by atoms with Gasteiger partial charge in [0.05, 0.1) is 6.54 Å². The molecule has 1 aliphatic heterocycles. The molecule has 0 unspecified atom stereocenters. The van der Waals surface area contributed by atoms with Crippen molar-refractivity contribution < 1.29 is 4.79 Å². The fraction of sp³-hybridized carbons (Fsp3) is 0.636. The number of hydrogen-bond acceptors (Lipinski definition) is 3. The zero-order chi connectivity index (χ0) is 12.6. The third kappa shape index (κ3) is 2.46. The predicted molar refractivity (Wildman–Crippen MR) is 70.0 cm³/mol. The molecule has 0 atom stereocenters. The van der Waals surface area contributed by atoms with Crippen molar-refractivity contribution in [2.24, 2.45) is 7.05 Å². The first-order valence-electron chi connectivity index (χ1n) is 5.73. The molecule has 2 rings (SSSR count). The molecule has 2 heterocycles. The number of carbonyl (C=O) groups is 1. The molecular formula is C11H17BrN4O. The lowest BCUT2D eigenvalue weighted by atomic mass is 10.2. The van der Waals surface area contributed by atoms with E-state index in [1.165, 1.54) is 0 Å². The summed E-state index contributed by atoms with van der Waals surface area (Å²) in [4.78, 5) is 16.0. The fourth-order valence-electron chi connectivity index (χ4n) is 2.15. The molecule has 1 aliphatic rings. The second kappa shape index (κ2) is 4.68. The Hall–Kier alpha value is -1.04. The molecule has 1 aromatic rings. The topological polar surface area (TPSA) is 41.4 Å². The molecule has 0 aromatic carbocycles. The van der Waals surface area contributed by atoms with E-state index in [9.17, 15) is 4.79 Å². The Kier molecular flexibility index (Phi) is 3.42. The van der Waals surface area contributed by atoms with Crippen LogP contribution in [-0.2, 0) is 11.8 Å². The van der Waals surface area contributed by atoms with E-state index in [0.29, 0.717) is 6.54 Å². The molecule has 0 saturated carbocycles. The highest BCUT2D eigenvalue weighted by atomic mass is 79.9. The molecule has 5 nitrogen and oxygen atoms in total. The zero-order valence-electron chi connectivity index (χ0n) is 10.4. The largest absolute Gasteiger partial charge is 0.346 e. The summed E-state index contributed by atoms with van der Waals surface area (Å²) in [6.45, 7) is 6.17. The molecule has 0 bridgehead atoms. The highest BCUT2D eigenvalue weighted by molar-refractivity contribution is 9.10. The quantitative estimate of drug-likeness (QED) is 0.825. The van der Waals surface area contributed by atoms with Gasteiger partial charge < -0.3 is 9.80 Å². The maximum absolute atomic E-state index is 12.0. The summed E-state index contributed by atoms with van der Waals surface area (Å²) >= 11 is 3.35. The lowest BCUT2D eigenvalue weighted by Crippen LogP contribution is -2.53. The second-order valence-electron chi connectivity index (χ2n) is 4.55. The number of anilines is 1. The Labute approximate surface area is 110 Å². The van der Waals surface area contributed by atoms with Crippen molar-refractivity contribution in [3.8, 4) is 0 Å². The molecule has 1 amide bonds. The summed E-state index contributed by atoms with van der Waals surface area (Å²) in [5, 5.41) is 4.23. The summed E-state index contributed by atoms with van der Waals surface area (Å²) in [7, 11) is 1.89. The molecule has 0 radical (unpaired) electrons. The van der Waals surface area contributed by atoms with Gasteiger partial charge in [-0.1, -0.05) is 0 Å². The van der Waals surface area contributed by atoms with Gasteiger partial charge in [-0.05, 0) is 29.8 Å². The number of aromatic nitrogens is 2. The summed E-state index contributed by atoms with van der Waals surface area (Å²) in [6, 6.07) is 2.22. The Morgan fingerprint density at radius 3 is 2.59 bits per heavy atom. The maximum atomic E-state index is 12.0. The number of halogens is 1. The Balaban J connectivity index is 2.12. The fourth-order valence-corrected chi connectivity index (χ4v) is 2.59. The van der Waals surface area contributed by atoms with Crippen molar-refractivity contribution in [2.75, 3.05) is 24.5 Å². The average molecular weight is 301 g/mol. The minimum atomic E-state index is 0.184. The SMILES string of the molecule is CC(C)N1CCN(c2cc(Br)nn2C)CC1=O. The van der Waals surface area contributed by atoms with Crippen LogP contribution in [0.5, 0.6) is 0 Å². The predicted octanol–water partition coefficient (Wildman–Crippen LogP) is 1.24. The van der Waals surface area contributed by atoms with Crippen molar-refractivity contribution in [2.45, 2.75) is 19.9 Å². The van der Waals surface area contributed by atoms with Crippen LogP contribution in [0.1, 0.15) is 13.8 Å². The van der Waals surface area contributed by atoms with E-state index < -0.39 is 0 Å². The number of piperazine rings is 1. The number of carbonyl (C=O) groups excluding carboxylic acids is 1. The monoisotopic (exact) mass is 300 g/mol. The lowest BCUT2D eigenvalue weighted by Gasteiger charge is -2.37. The van der Waals surface area contributed by atoms with Gasteiger partial charge in [-0.3, -0.25) is 9.48 Å². The molecule has 94 valence electrons. The molecule has 17 heavy (non-hydrogen) atoms. The van der Waals surface area contributed by atoms with E-state index in [2.05, 4.69) is 25.9 Å². The Bertz CT molecular complexity index is 429. The first-order valence-corrected chi connectivity index (χ1v) is 6.52. The van der Waals surface area contributed by atoms with Crippen LogP contribution in [0.4, 0.5) is 5.82 Å². The van der Waals surface area contributed by atoms with Gasteiger partial charge in [0.25, 0.3) is 0 Å². The van der Waals surface area contributed by atoms with Gasteiger partial charge in [0.1, 0.15) is 10.4 Å². The first-order chi connectivity index (χ1) is 7.99. The molecular weight excluding hydrogens is 284 g/mol. The van der Waals surface area contributed by atoms with E-state index in [1.54, 1.807) is 4.68 Å². The van der Waals surface area contributed by atoms with Gasteiger partial charge in [-0.15, -0.1) is 0 Å². The molecule has 0 N–H and O–H groups in total. The standard InChI is InChI=1S/C11H17BrN4O/c1-8(2)16-5-4-15(7-11(16)17)10-6-9(12)13-14(10)3/h6,8H,4-5,7H2,1-3H3. The molecule has 1 fully saturated rings. The maximum Gasteiger partial charge on any atom is 0.242 e. The van der Waals surface area contributed by atoms with Crippen LogP contribution in [0.2, 0.25) is 0 Å². The third-order valence-corrected chi connectivity index (χ3v) is 3.42. The van der Waals surface area contributed by atoms with Crippen LogP contribution < -0.4 is 4.90 Å². The van der Waals surface area contributed by atoms with Crippen LogP contribution in [0.25, 0.3) is 0 Å². The average Bonchev–Trinajstić information content (AvgIpc) is 2.57. The summed E-state index contributed by atoms with van der Waals surface area (Å²) in [5.41, 5.74) is 0. The zero-order valence-corrected chi connectivity index (χ0v) is 11.9. The molecule has 0 spiro atoms. The van der Waals surface area contributed by atoms with Crippen LogP contribution in [-0.4, -0.2) is 46.3 Å². The van der Waals surface area contributed by atoms with Gasteiger partial charge in [-0.2, -0.15) is 5.10 Å². The van der Waals surface area contributed by atoms with Gasteiger partial charge in [0.2, 0.25) is 5.91 Å². The van der Waals surface area contributed by atoms with Crippen molar-refractivity contribution in [1.82, 2.24) is 14.7 Å². The Morgan fingerprint density at radius 1 is 1.41 bits per heavy atom. The highest BCUT2D eigenvalue weighted by Gasteiger charge is 2.27. The van der Waals surface area contributed by atoms with Gasteiger partial charge in [0.15, 0.2) is 0 Å². The second-order valence-corrected chi connectivity index (χ2v) is 5.36. The molecule has 6 heteroatoms. The van der Waals surface area contributed by atoms with Gasteiger partial charge in [-0.25, -0.2) is 0 Å². The number of hydrogen-bond donors (Lipinski definition) is 0. The van der Waals surface area contributed by atoms with E-state index in [-0.39, 0.29) is 11.9 Å². The van der Waals surface area contributed by atoms with Crippen LogP contribution in [0.3, 0.4) is 0 Å². The minimum Gasteiger partial charge on any atom is -0.346 e. The number of amides is 1. The normalized spacial score (nSPS) is 17.1. The van der Waals surface area contributed by atoms with Crippen molar-refractivity contribution in [1.29, 1.82) is 0 Å². The van der Waals surface area contributed by atoms with Gasteiger partial charge in [0, 0.05) is 32.2 Å². The molecule has 0 aliphatic carbocycles. The van der Waals surface area contributed by atoms with Crippen LogP contribution in [0.15, 0.2) is 10.7 Å². The minimum absolute atomic E-state index is 0.184.